The zero-order valence-electron chi connectivity index (χ0n) is 12.8. The summed E-state index contributed by atoms with van der Waals surface area (Å²) >= 11 is 0. The Morgan fingerprint density at radius 1 is 1.23 bits per heavy atom. The van der Waals surface area contributed by atoms with Crippen LogP contribution in [0.15, 0.2) is 24.3 Å². The molecule has 0 saturated heterocycles. The number of halogens is 1. The number of hydrogen-bond acceptors (Lipinski definition) is 4. The highest BCUT2D eigenvalue weighted by molar-refractivity contribution is 5.92. The third kappa shape index (κ3) is 6.91. The number of esters is 1. The van der Waals surface area contributed by atoms with Gasteiger partial charge in [-0.2, -0.15) is 0 Å². The molecule has 122 valence electrons. The van der Waals surface area contributed by atoms with E-state index in [1.165, 1.54) is 20.0 Å². The molecule has 1 fully saturated rings. The number of carbonyl (C=O) groups is 2. The van der Waals surface area contributed by atoms with Crippen molar-refractivity contribution < 1.29 is 14.3 Å². The molecule has 1 aliphatic rings. The number of nitrogens with one attached hydrogen (secondary N) is 2. The summed E-state index contributed by atoms with van der Waals surface area (Å²) in [6, 6.07) is 7.53. The largest absolute Gasteiger partial charge is 0.469 e. The minimum Gasteiger partial charge on any atom is -0.469 e. The van der Waals surface area contributed by atoms with Gasteiger partial charge in [0.1, 0.15) is 0 Å². The van der Waals surface area contributed by atoms with Crippen molar-refractivity contribution in [3.63, 3.8) is 0 Å². The third-order valence-corrected chi connectivity index (χ3v) is 3.50. The Morgan fingerprint density at radius 2 is 1.91 bits per heavy atom. The van der Waals surface area contributed by atoms with Gasteiger partial charge in [0.25, 0.3) is 0 Å². The first-order valence-corrected chi connectivity index (χ1v) is 7.33. The number of aryl methyl sites for hydroxylation is 1. The fourth-order valence-electron chi connectivity index (χ4n) is 2.02. The van der Waals surface area contributed by atoms with Gasteiger partial charge in [-0.05, 0) is 49.4 Å². The number of benzene rings is 1. The van der Waals surface area contributed by atoms with E-state index in [0.717, 1.165) is 23.7 Å². The minimum absolute atomic E-state index is 0. The first-order chi connectivity index (χ1) is 10.2. The fourth-order valence-corrected chi connectivity index (χ4v) is 2.02. The molecule has 0 spiro atoms. The molecule has 5 nitrogen and oxygen atoms in total. The maximum atomic E-state index is 11.7. The minimum atomic E-state index is -0.214. The monoisotopic (exact) mass is 326 g/mol. The van der Waals surface area contributed by atoms with E-state index >= 15 is 0 Å². The molecular formula is C16H23ClN2O3. The van der Waals surface area contributed by atoms with Crippen molar-refractivity contribution in [2.75, 3.05) is 25.5 Å². The lowest BCUT2D eigenvalue weighted by molar-refractivity contribution is -0.140. The summed E-state index contributed by atoms with van der Waals surface area (Å²) in [6.45, 7) is 1.28. The van der Waals surface area contributed by atoms with Crippen LogP contribution in [-0.2, 0) is 20.7 Å². The van der Waals surface area contributed by atoms with Gasteiger partial charge in [0.05, 0.1) is 13.7 Å². The third-order valence-electron chi connectivity index (χ3n) is 3.50. The van der Waals surface area contributed by atoms with Crippen LogP contribution in [-0.4, -0.2) is 32.1 Å². The Morgan fingerprint density at radius 3 is 2.50 bits per heavy atom. The van der Waals surface area contributed by atoms with Crippen LogP contribution in [0.3, 0.4) is 0 Å². The van der Waals surface area contributed by atoms with Crippen LogP contribution in [0.2, 0.25) is 0 Å². The van der Waals surface area contributed by atoms with E-state index < -0.39 is 0 Å². The molecule has 0 heterocycles. The number of methoxy groups -OCH3 is 1. The molecule has 1 aromatic carbocycles. The maximum absolute atomic E-state index is 11.7. The summed E-state index contributed by atoms with van der Waals surface area (Å²) in [7, 11) is 1.39. The number of carbonyl (C=O) groups excluding carboxylic acids is 2. The van der Waals surface area contributed by atoms with E-state index in [9.17, 15) is 9.59 Å². The molecular weight excluding hydrogens is 304 g/mol. The fraction of sp³-hybridized carbons (Fsp3) is 0.500. The van der Waals surface area contributed by atoms with E-state index in [2.05, 4.69) is 15.4 Å². The van der Waals surface area contributed by atoms with Gasteiger partial charge in [-0.15, -0.1) is 12.4 Å². The molecule has 22 heavy (non-hydrogen) atoms. The second-order valence-electron chi connectivity index (χ2n) is 5.40. The molecule has 1 aliphatic carbocycles. The predicted molar refractivity (Wildman–Crippen MR) is 88.3 cm³/mol. The maximum Gasteiger partial charge on any atom is 0.305 e. The van der Waals surface area contributed by atoms with Gasteiger partial charge >= 0.3 is 5.97 Å². The molecule has 0 radical (unpaired) electrons. The number of hydrogen-bond donors (Lipinski definition) is 2. The summed E-state index contributed by atoms with van der Waals surface area (Å²) in [6.07, 6.45) is 3.57. The van der Waals surface area contributed by atoms with Gasteiger partial charge in [-0.1, -0.05) is 12.1 Å². The van der Waals surface area contributed by atoms with Crippen LogP contribution in [0, 0.1) is 5.92 Å². The first kappa shape index (κ1) is 18.5. The summed E-state index contributed by atoms with van der Waals surface area (Å²) in [5.74, 6) is 0.527. The highest BCUT2D eigenvalue weighted by Crippen LogP contribution is 2.27. The Labute approximate surface area is 137 Å². The molecule has 1 amide bonds. The van der Waals surface area contributed by atoms with E-state index in [4.69, 9.17) is 0 Å². The second kappa shape index (κ2) is 9.43. The summed E-state index contributed by atoms with van der Waals surface area (Å²) in [5.41, 5.74) is 1.82. The number of ether oxygens (including phenoxy) is 1. The zero-order chi connectivity index (χ0) is 15.1. The molecule has 2 rings (SSSR count). The average molecular weight is 327 g/mol. The van der Waals surface area contributed by atoms with Gasteiger partial charge in [0.15, 0.2) is 0 Å². The Hall–Kier alpha value is -1.59. The summed E-state index contributed by atoms with van der Waals surface area (Å²) < 4.78 is 4.60. The van der Waals surface area contributed by atoms with E-state index in [-0.39, 0.29) is 24.3 Å². The standard InChI is InChI=1S/C16H22N2O3.ClH/c1-21-16(20)9-6-12-4-7-14(8-5-12)18-15(19)11-17-10-13-2-3-13;/h4-5,7-8,13,17H,2-3,6,9-11H2,1H3,(H,18,19);1H. The van der Waals surface area contributed by atoms with Crippen molar-refractivity contribution in [3.05, 3.63) is 29.8 Å². The Balaban J connectivity index is 0.00000242. The van der Waals surface area contributed by atoms with Gasteiger partial charge in [-0.3, -0.25) is 9.59 Å². The SMILES string of the molecule is COC(=O)CCc1ccc(NC(=O)CNCC2CC2)cc1.Cl. The van der Waals surface area contributed by atoms with E-state index in [0.29, 0.717) is 19.4 Å². The van der Waals surface area contributed by atoms with E-state index in [1.54, 1.807) is 0 Å². The molecule has 0 bridgehead atoms. The first-order valence-electron chi connectivity index (χ1n) is 7.33. The van der Waals surface area contributed by atoms with Crippen LogP contribution in [0.1, 0.15) is 24.8 Å². The average Bonchev–Trinajstić information content (AvgIpc) is 3.30. The molecule has 6 heteroatoms. The van der Waals surface area contributed by atoms with Crippen LogP contribution >= 0.6 is 12.4 Å². The number of amides is 1. The summed E-state index contributed by atoms with van der Waals surface area (Å²) in [4.78, 5) is 22.8. The van der Waals surface area contributed by atoms with Crippen molar-refractivity contribution >= 4 is 30.0 Å². The summed E-state index contributed by atoms with van der Waals surface area (Å²) in [5, 5.41) is 6.00. The molecule has 2 N–H and O–H groups in total. The van der Waals surface area contributed by atoms with Gasteiger partial charge in [-0.25, -0.2) is 0 Å². The lowest BCUT2D eigenvalue weighted by atomic mass is 10.1. The van der Waals surface area contributed by atoms with Crippen molar-refractivity contribution in [3.8, 4) is 0 Å². The normalized spacial score (nSPS) is 13.1. The van der Waals surface area contributed by atoms with Crippen molar-refractivity contribution in [1.29, 1.82) is 0 Å². The highest BCUT2D eigenvalue weighted by Gasteiger charge is 2.20. The molecule has 0 aliphatic heterocycles. The lowest BCUT2D eigenvalue weighted by Crippen LogP contribution is -2.29. The van der Waals surface area contributed by atoms with Crippen molar-refractivity contribution in [2.45, 2.75) is 25.7 Å². The van der Waals surface area contributed by atoms with Crippen LogP contribution in [0.4, 0.5) is 5.69 Å². The molecule has 0 unspecified atom stereocenters. The molecule has 0 atom stereocenters. The molecule has 1 saturated carbocycles. The number of anilines is 1. The van der Waals surface area contributed by atoms with Crippen molar-refractivity contribution in [2.24, 2.45) is 5.92 Å². The topological polar surface area (TPSA) is 67.4 Å². The van der Waals surface area contributed by atoms with Crippen LogP contribution < -0.4 is 10.6 Å². The smallest absolute Gasteiger partial charge is 0.305 e. The second-order valence-corrected chi connectivity index (χ2v) is 5.40. The quantitative estimate of drug-likeness (QED) is 0.718. The predicted octanol–water partition coefficient (Wildman–Crippen LogP) is 2.15. The van der Waals surface area contributed by atoms with Crippen molar-refractivity contribution in [1.82, 2.24) is 5.32 Å². The van der Waals surface area contributed by atoms with Gasteiger partial charge in [0, 0.05) is 12.1 Å². The molecule has 0 aromatic heterocycles. The van der Waals surface area contributed by atoms with E-state index in [1.807, 2.05) is 24.3 Å². The zero-order valence-corrected chi connectivity index (χ0v) is 13.6. The Bertz CT molecular complexity index is 487. The number of rotatable bonds is 8. The highest BCUT2D eigenvalue weighted by atomic mass is 35.5. The lowest BCUT2D eigenvalue weighted by Gasteiger charge is -2.07. The molecule has 1 aromatic rings. The Kier molecular flexibility index (Phi) is 7.91. The van der Waals surface area contributed by atoms with Gasteiger partial charge < -0.3 is 15.4 Å². The van der Waals surface area contributed by atoms with Gasteiger partial charge in [0.2, 0.25) is 5.91 Å². The van der Waals surface area contributed by atoms with Crippen LogP contribution in [0.25, 0.3) is 0 Å². The van der Waals surface area contributed by atoms with Crippen LogP contribution in [0.5, 0.6) is 0 Å².